The van der Waals surface area contributed by atoms with Gasteiger partial charge in [-0.3, -0.25) is 0 Å². The molecule has 3 nitrogen and oxygen atoms in total. The summed E-state index contributed by atoms with van der Waals surface area (Å²) < 4.78 is 6.58. The molecule has 1 aliphatic rings. The number of oxazole rings is 1. The van der Waals surface area contributed by atoms with Gasteiger partial charge >= 0.3 is 0 Å². The average molecular weight is 353 g/mol. The molecule has 0 aliphatic carbocycles. The van der Waals surface area contributed by atoms with Gasteiger partial charge in [0.1, 0.15) is 5.69 Å². The molecule has 0 saturated carbocycles. The lowest BCUT2D eigenvalue weighted by atomic mass is 9.98. The highest BCUT2D eigenvalue weighted by Crippen LogP contribution is 2.34. The van der Waals surface area contributed by atoms with Crippen molar-refractivity contribution in [3.63, 3.8) is 0 Å². The second kappa shape index (κ2) is 6.33. The molecule has 5 heteroatoms. The molecule has 1 aromatic carbocycles. The van der Waals surface area contributed by atoms with Crippen LogP contribution in [0.15, 0.2) is 38.2 Å². The highest BCUT2D eigenvalue weighted by molar-refractivity contribution is 9.10. The first-order chi connectivity index (χ1) is 9.78. The molecule has 0 amide bonds. The minimum absolute atomic E-state index is 0.437. The van der Waals surface area contributed by atoms with Crippen LogP contribution in [0.3, 0.4) is 0 Å². The molecule has 1 fully saturated rings. The Bertz CT molecular complexity index is 576. The molecule has 1 aromatic heterocycles. The number of nitrogens with zero attached hydrogens (tertiary/aromatic N) is 1. The predicted octanol–water partition coefficient (Wildman–Crippen LogP) is 4.29. The molecule has 2 aromatic rings. The van der Waals surface area contributed by atoms with E-state index in [1.807, 2.05) is 0 Å². The first-order valence-electron chi connectivity index (χ1n) is 6.79. The largest absolute Gasteiger partial charge is 0.433 e. The van der Waals surface area contributed by atoms with Crippen molar-refractivity contribution in [3.05, 3.63) is 34.8 Å². The highest BCUT2D eigenvalue weighted by atomic mass is 79.9. The van der Waals surface area contributed by atoms with E-state index in [2.05, 4.69) is 51.8 Å². The normalized spacial score (nSPS) is 16.5. The van der Waals surface area contributed by atoms with Crippen LogP contribution >= 0.6 is 27.7 Å². The summed E-state index contributed by atoms with van der Waals surface area (Å²) in [5.41, 5.74) is 2.00. The Morgan fingerprint density at radius 2 is 1.95 bits per heavy atom. The molecular formula is C15H17BrN2OS. The first-order valence-corrected chi connectivity index (χ1v) is 8.81. The third-order valence-electron chi connectivity index (χ3n) is 3.65. The number of halogens is 1. The maximum absolute atomic E-state index is 5.84. The second-order valence-electron chi connectivity index (χ2n) is 4.93. The van der Waals surface area contributed by atoms with Gasteiger partial charge in [0.15, 0.2) is 10.6 Å². The average Bonchev–Trinajstić information content (AvgIpc) is 2.90. The van der Waals surface area contributed by atoms with E-state index in [-0.39, 0.29) is 0 Å². The quantitative estimate of drug-likeness (QED) is 0.836. The maximum Gasteiger partial charge on any atom is 0.199 e. The lowest BCUT2D eigenvalue weighted by Gasteiger charge is -2.19. The minimum atomic E-state index is 0.437. The highest BCUT2D eigenvalue weighted by Gasteiger charge is 2.22. The van der Waals surface area contributed by atoms with Gasteiger partial charge in [-0.05, 0) is 60.2 Å². The molecule has 2 heterocycles. The van der Waals surface area contributed by atoms with Crippen LogP contribution in [0.5, 0.6) is 0 Å². The Kier molecular flexibility index (Phi) is 4.48. The fourth-order valence-corrected chi connectivity index (χ4v) is 3.38. The van der Waals surface area contributed by atoms with Gasteiger partial charge in [-0.25, -0.2) is 4.98 Å². The van der Waals surface area contributed by atoms with Gasteiger partial charge in [0, 0.05) is 16.4 Å². The Hall–Kier alpha value is -0.780. The molecule has 1 N–H and O–H groups in total. The van der Waals surface area contributed by atoms with E-state index in [1.54, 1.807) is 11.8 Å². The predicted molar refractivity (Wildman–Crippen MR) is 86.3 cm³/mol. The summed E-state index contributed by atoms with van der Waals surface area (Å²) in [5.74, 6) is 1.30. The van der Waals surface area contributed by atoms with Crippen molar-refractivity contribution in [2.75, 3.05) is 19.3 Å². The number of aromatic nitrogens is 1. The SMILES string of the molecule is CSc1ccc(-c2nc(C3CCNCC3)oc2Br)cc1. The molecule has 0 spiro atoms. The lowest BCUT2D eigenvalue weighted by molar-refractivity contribution is 0.367. The maximum atomic E-state index is 5.84. The number of hydrogen-bond acceptors (Lipinski definition) is 4. The van der Waals surface area contributed by atoms with Crippen molar-refractivity contribution in [2.45, 2.75) is 23.7 Å². The number of benzene rings is 1. The third-order valence-corrected chi connectivity index (χ3v) is 4.94. The van der Waals surface area contributed by atoms with Crippen molar-refractivity contribution in [1.82, 2.24) is 10.3 Å². The molecule has 0 radical (unpaired) electrons. The Morgan fingerprint density at radius 3 is 2.60 bits per heavy atom. The van der Waals surface area contributed by atoms with Crippen LogP contribution in [0, 0.1) is 0 Å². The standard InChI is InChI=1S/C15H17BrN2OS/c1-20-12-4-2-10(3-5-12)13-14(16)19-15(18-13)11-6-8-17-9-7-11/h2-5,11,17H,6-9H2,1H3. The monoisotopic (exact) mass is 352 g/mol. The van der Waals surface area contributed by atoms with Crippen LogP contribution in [0.2, 0.25) is 0 Å². The van der Waals surface area contributed by atoms with Gasteiger partial charge < -0.3 is 9.73 Å². The molecule has 20 heavy (non-hydrogen) atoms. The van der Waals surface area contributed by atoms with E-state index in [0.29, 0.717) is 5.92 Å². The summed E-state index contributed by atoms with van der Waals surface area (Å²) in [7, 11) is 0. The van der Waals surface area contributed by atoms with Crippen molar-refractivity contribution < 1.29 is 4.42 Å². The van der Waals surface area contributed by atoms with Gasteiger partial charge in [0.2, 0.25) is 0 Å². The zero-order valence-corrected chi connectivity index (χ0v) is 13.8. The minimum Gasteiger partial charge on any atom is -0.433 e. The van der Waals surface area contributed by atoms with Crippen molar-refractivity contribution in [2.24, 2.45) is 0 Å². The topological polar surface area (TPSA) is 38.1 Å². The van der Waals surface area contributed by atoms with Gasteiger partial charge in [0.25, 0.3) is 0 Å². The van der Waals surface area contributed by atoms with Gasteiger partial charge in [-0.2, -0.15) is 0 Å². The van der Waals surface area contributed by atoms with Crippen LogP contribution in [0.1, 0.15) is 24.7 Å². The lowest BCUT2D eigenvalue weighted by Crippen LogP contribution is -2.26. The number of hydrogen-bond donors (Lipinski definition) is 1. The van der Waals surface area contributed by atoms with E-state index in [0.717, 1.165) is 47.7 Å². The Morgan fingerprint density at radius 1 is 1.25 bits per heavy atom. The molecular weight excluding hydrogens is 336 g/mol. The smallest absolute Gasteiger partial charge is 0.199 e. The summed E-state index contributed by atoms with van der Waals surface area (Å²) in [4.78, 5) is 5.97. The molecule has 3 rings (SSSR count). The molecule has 1 saturated heterocycles. The Labute approximate surface area is 131 Å². The number of nitrogens with one attached hydrogen (secondary N) is 1. The van der Waals surface area contributed by atoms with Crippen molar-refractivity contribution >= 4 is 27.7 Å². The van der Waals surface area contributed by atoms with Gasteiger partial charge in [-0.1, -0.05) is 12.1 Å². The summed E-state index contributed by atoms with van der Waals surface area (Å²) in [6.07, 6.45) is 4.27. The number of thioether (sulfide) groups is 1. The van der Waals surface area contributed by atoms with Crippen molar-refractivity contribution in [1.29, 1.82) is 0 Å². The van der Waals surface area contributed by atoms with E-state index >= 15 is 0 Å². The molecule has 1 aliphatic heterocycles. The molecule has 0 bridgehead atoms. The van der Waals surface area contributed by atoms with Gasteiger partial charge in [0.05, 0.1) is 0 Å². The van der Waals surface area contributed by atoms with Crippen molar-refractivity contribution in [3.8, 4) is 11.3 Å². The first kappa shape index (κ1) is 14.2. The van der Waals surface area contributed by atoms with E-state index in [1.165, 1.54) is 4.90 Å². The number of rotatable bonds is 3. The Balaban J connectivity index is 1.87. The van der Waals surface area contributed by atoms with Crippen LogP contribution in [-0.4, -0.2) is 24.3 Å². The molecule has 106 valence electrons. The van der Waals surface area contributed by atoms with E-state index in [9.17, 15) is 0 Å². The fraction of sp³-hybridized carbons (Fsp3) is 0.400. The summed E-state index contributed by atoms with van der Waals surface area (Å²) in [6, 6.07) is 8.43. The zero-order valence-electron chi connectivity index (χ0n) is 11.4. The zero-order chi connectivity index (χ0) is 13.9. The number of piperidine rings is 1. The molecule has 0 unspecified atom stereocenters. The van der Waals surface area contributed by atoms with Crippen LogP contribution in [0.25, 0.3) is 11.3 Å². The summed E-state index contributed by atoms with van der Waals surface area (Å²) >= 11 is 5.25. The third kappa shape index (κ3) is 2.95. The van der Waals surface area contributed by atoms with Crippen LogP contribution in [-0.2, 0) is 0 Å². The van der Waals surface area contributed by atoms with Gasteiger partial charge in [-0.15, -0.1) is 11.8 Å². The van der Waals surface area contributed by atoms with E-state index < -0.39 is 0 Å². The second-order valence-corrected chi connectivity index (χ2v) is 6.53. The summed E-state index contributed by atoms with van der Waals surface area (Å²) in [6.45, 7) is 2.09. The van der Waals surface area contributed by atoms with Crippen LogP contribution < -0.4 is 5.32 Å². The summed E-state index contributed by atoms with van der Waals surface area (Å²) in [5, 5.41) is 3.37. The fourth-order valence-electron chi connectivity index (χ4n) is 2.49. The molecule has 0 atom stereocenters. The van der Waals surface area contributed by atoms with Crippen LogP contribution in [0.4, 0.5) is 0 Å². The van der Waals surface area contributed by atoms with E-state index in [4.69, 9.17) is 9.40 Å².